The lowest BCUT2D eigenvalue weighted by Gasteiger charge is -2.24. The number of amides is 1. The highest BCUT2D eigenvalue weighted by Crippen LogP contribution is 2.34. The fourth-order valence-electron chi connectivity index (χ4n) is 3.89. The van der Waals surface area contributed by atoms with Crippen LogP contribution < -0.4 is 0 Å². The van der Waals surface area contributed by atoms with Crippen molar-refractivity contribution in [3.8, 4) is 0 Å². The lowest BCUT2D eigenvalue weighted by atomic mass is 10.00. The van der Waals surface area contributed by atoms with Gasteiger partial charge in [-0.3, -0.25) is 9.59 Å². The summed E-state index contributed by atoms with van der Waals surface area (Å²) in [4.78, 5) is 27.2. The molecule has 2 heterocycles. The molecular formula is C19H22N4O2. The molecule has 25 heavy (non-hydrogen) atoms. The molecule has 0 spiro atoms. The van der Waals surface area contributed by atoms with E-state index in [1.54, 1.807) is 0 Å². The van der Waals surface area contributed by atoms with Gasteiger partial charge in [0.1, 0.15) is 11.6 Å². The zero-order chi connectivity index (χ0) is 17.6. The molecule has 0 radical (unpaired) electrons. The number of carbonyl (C=O) groups is 2. The number of fused-ring (bicyclic) bond motifs is 2. The third kappa shape index (κ3) is 2.65. The second-order valence-corrected chi connectivity index (χ2v) is 7.12. The summed E-state index contributed by atoms with van der Waals surface area (Å²) < 4.78 is 2.14. The maximum absolute atomic E-state index is 13.1. The Bertz CT molecular complexity index is 840. The lowest BCUT2D eigenvalue weighted by Crippen LogP contribution is -2.37. The van der Waals surface area contributed by atoms with E-state index in [0.717, 1.165) is 17.2 Å². The van der Waals surface area contributed by atoms with E-state index in [-0.39, 0.29) is 24.0 Å². The monoisotopic (exact) mass is 338 g/mol. The normalized spacial score (nSPS) is 19.7. The van der Waals surface area contributed by atoms with E-state index < -0.39 is 0 Å². The summed E-state index contributed by atoms with van der Waals surface area (Å²) in [7, 11) is 0. The van der Waals surface area contributed by atoms with Crippen molar-refractivity contribution < 1.29 is 9.59 Å². The van der Waals surface area contributed by atoms with Crippen molar-refractivity contribution in [2.24, 2.45) is 0 Å². The maximum atomic E-state index is 13.1. The summed E-state index contributed by atoms with van der Waals surface area (Å²) in [6.07, 6.45) is 0.992. The van der Waals surface area contributed by atoms with Gasteiger partial charge >= 0.3 is 0 Å². The second kappa shape index (κ2) is 6.10. The minimum Gasteiger partial charge on any atom is -0.340 e. The fraction of sp³-hybridized carbons (Fsp3) is 0.474. The van der Waals surface area contributed by atoms with Gasteiger partial charge in [0.25, 0.3) is 0 Å². The first-order chi connectivity index (χ1) is 12.1. The highest BCUT2D eigenvalue weighted by atomic mass is 16.2. The van der Waals surface area contributed by atoms with Crippen molar-refractivity contribution in [2.45, 2.75) is 45.1 Å². The van der Waals surface area contributed by atoms with E-state index >= 15 is 0 Å². The number of carbonyl (C=O) groups excluding carboxylic acids is 2. The number of nitrogens with zero attached hydrogens (tertiary/aromatic N) is 4. The topological polar surface area (TPSA) is 68.1 Å². The van der Waals surface area contributed by atoms with E-state index in [9.17, 15) is 9.59 Å². The zero-order valence-electron chi connectivity index (χ0n) is 14.6. The number of ketones is 1. The van der Waals surface area contributed by atoms with Crippen LogP contribution in [0.4, 0.5) is 0 Å². The van der Waals surface area contributed by atoms with Gasteiger partial charge in [0, 0.05) is 44.0 Å². The molecule has 1 aromatic carbocycles. The number of aromatic nitrogens is 3. The van der Waals surface area contributed by atoms with E-state index in [0.29, 0.717) is 37.5 Å². The smallest absolute Gasteiger partial charge is 0.230 e. The molecule has 1 aromatic heterocycles. The number of rotatable bonds is 2. The molecule has 0 N–H and O–H groups in total. The van der Waals surface area contributed by atoms with Crippen molar-refractivity contribution in [2.75, 3.05) is 13.1 Å². The summed E-state index contributed by atoms with van der Waals surface area (Å²) >= 11 is 0. The molecule has 130 valence electrons. The van der Waals surface area contributed by atoms with Crippen LogP contribution in [0, 0.1) is 0 Å². The zero-order valence-corrected chi connectivity index (χ0v) is 14.6. The van der Waals surface area contributed by atoms with Crippen LogP contribution in [0.25, 0.3) is 0 Å². The second-order valence-electron chi connectivity index (χ2n) is 7.12. The largest absolute Gasteiger partial charge is 0.340 e. The summed E-state index contributed by atoms with van der Waals surface area (Å²) in [5, 5.41) is 8.59. The SMILES string of the molecule is CC(C)c1nnc2n1CCN(C(=O)C1CC(=O)c3ccccc31)CC2. The summed E-state index contributed by atoms with van der Waals surface area (Å²) in [5.41, 5.74) is 1.58. The highest BCUT2D eigenvalue weighted by Gasteiger charge is 2.36. The molecule has 2 aromatic rings. The van der Waals surface area contributed by atoms with Crippen LogP contribution >= 0.6 is 0 Å². The molecule has 6 nitrogen and oxygen atoms in total. The Hall–Kier alpha value is -2.50. The molecular weight excluding hydrogens is 316 g/mol. The van der Waals surface area contributed by atoms with Gasteiger partial charge in [-0.05, 0) is 5.56 Å². The standard InChI is InChI=1S/C19H22N4O2/c1-12(2)18-21-20-17-7-8-22(9-10-23(17)18)19(25)15-11-16(24)14-6-4-3-5-13(14)15/h3-6,12,15H,7-11H2,1-2H3. The number of hydrogen-bond donors (Lipinski definition) is 0. The Balaban J connectivity index is 1.54. The maximum Gasteiger partial charge on any atom is 0.230 e. The molecule has 1 amide bonds. The molecule has 6 heteroatoms. The third-order valence-corrected chi connectivity index (χ3v) is 5.21. The Morgan fingerprint density at radius 1 is 1.16 bits per heavy atom. The van der Waals surface area contributed by atoms with Crippen LogP contribution in [0.5, 0.6) is 0 Å². The first-order valence-electron chi connectivity index (χ1n) is 8.89. The molecule has 1 atom stereocenters. The van der Waals surface area contributed by atoms with Crippen LogP contribution in [0.3, 0.4) is 0 Å². The first kappa shape index (κ1) is 16.0. The minimum atomic E-state index is -0.336. The Kier molecular flexibility index (Phi) is 3.90. The van der Waals surface area contributed by atoms with E-state index in [1.165, 1.54) is 0 Å². The van der Waals surface area contributed by atoms with Gasteiger partial charge in [-0.25, -0.2) is 0 Å². The Morgan fingerprint density at radius 2 is 1.96 bits per heavy atom. The molecule has 0 saturated heterocycles. The van der Waals surface area contributed by atoms with Gasteiger partial charge in [0.05, 0.1) is 5.92 Å². The third-order valence-electron chi connectivity index (χ3n) is 5.21. The van der Waals surface area contributed by atoms with Crippen LogP contribution in [-0.2, 0) is 17.8 Å². The average molecular weight is 338 g/mol. The number of Topliss-reactive ketones (excluding diaryl/α,β-unsaturated/α-hetero) is 1. The van der Waals surface area contributed by atoms with Gasteiger partial charge in [-0.2, -0.15) is 0 Å². The van der Waals surface area contributed by atoms with Gasteiger partial charge in [-0.1, -0.05) is 38.1 Å². The summed E-state index contributed by atoms with van der Waals surface area (Å²) in [6, 6.07) is 7.49. The van der Waals surface area contributed by atoms with E-state index in [4.69, 9.17) is 0 Å². The molecule has 4 rings (SSSR count). The van der Waals surface area contributed by atoms with Crippen LogP contribution in [0.2, 0.25) is 0 Å². The van der Waals surface area contributed by atoms with E-state index in [2.05, 4.69) is 28.6 Å². The summed E-state index contributed by atoms with van der Waals surface area (Å²) in [5.74, 6) is 2.03. The van der Waals surface area contributed by atoms with Crippen LogP contribution in [-0.4, -0.2) is 44.4 Å². The van der Waals surface area contributed by atoms with Gasteiger partial charge in [-0.15, -0.1) is 10.2 Å². The van der Waals surface area contributed by atoms with Crippen molar-refractivity contribution in [1.82, 2.24) is 19.7 Å². The van der Waals surface area contributed by atoms with Gasteiger partial charge in [0.15, 0.2) is 5.78 Å². The Labute approximate surface area is 146 Å². The molecule has 0 fully saturated rings. The van der Waals surface area contributed by atoms with Crippen LogP contribution in [0.15, 0.2) is 24.3 Å². The highest BCUT2D eigenvalue weighted by molar-refractivity contribution is 6.06. The molecule has 2 aliphatic rings. The molecule has 1 unspecified atom stereocenters. The molecule has 0 bridgehead atoms. The number of benzene rings is 1. The van der Waals surface area contributed by atoms with Crippen LogP contribution in [0.1, 0.15) is 59.7 Å². The predicted molar refractivity (Wildman–Crippen MR) is 92.5 cm³/mol. The van der Waals surface area contributed by atoms with Crippen molar-refractivity contribution in [3.63, 3.8) is 0 Å². The Morgan fingerprint density at radius 3 is 2.76 bits per heavy atom. The summed E-state index contributed by atoms with van der Waals surface area (Å²) in [6.45, 7) is 6.18. The average Bonchev–Trinajstić information content (AvgIpc) is 3.09. The molecule has 1 aliphatic carbocycles. The van der Waals surface area contributed by atoms with E-state index in [1.807, 2.05) is 29.2 Å². The van der Waals surface area contributed by atoms with Crippen molar-refractivity contribution >= 4 is 11.7 Å². The van der Waals surface area contributed by atoms with Gasteiger partial charge in [0.2, 0.25) is 5.91 Å². The first-order valence-corrected chi connectivity index (χ1v) is 8.89. The molecule has 1 aliphatic heterocycles. The fourth-order valence-corrected chi connectivity index (χ4v) is 3.89. The molecule has 0 saturated carbocycles. The quantitative estimate of drug-likeness (QED) is 0.841. The van der Waals surface area contributed by atoms with Crippen molar-refractivity contribution in [1.29, 1.82) is 0 Å². The van der Waals surface area contributed by atoms with Crippen molar-refractivity contribution in [3.05, 3.63) is 47.0 Å². The van der Waals surface area contributed by atoms with Gasteiger partial charge < -0.3 is 9.47 Å². The minimum absolute atomic E-state index is 0.0584. The number of hydrogen-bond acceptors (Lipinski definition) is 4. The lowest BCUT2D eigenvalue weighted by molar-refractivity contribution is -0.132. The predicted octanol–water partition coefficient (Wildman–Crippen LogP) is 2.16.